The Hall–Kier alpha value is -7.56. The predicted molar refractivity (Wildman–Crippen MR) is 239 cm³/mol. The number of ether oxygens (including phenoxy) is 1. The highest BCUT2D eigenvalue weighted by Gasteiger charge is 2.29. The molecule has 0 bridgehead atoms. The predicted octanol–water partition coefficient (Wildman–Crippen LogP) is 5.22. The van der Waals surface area contributed by atoms with Gasteiger partial charge in [-0.15, -0.1) is 5.10 Å². The van der Waals surface area contributed by atoms with Gasteiger partial charge in [-0.3, -0.25) is 9.59 Å². The molecule has 1 fully saturated rings. The molecule has 0 unspecified atom stereocenters. The number of fused-ring (bicyclic) bond motifs is 2. The lowest BCUT2D eigenvalue weighted by Gasteiger charge is -2.38. The van der Waals surface area contributed by atoms with Crippen LogP contribution in [-0.2, 0) is 22.6 Å². The van der Waals surface area contributed by atoms with Gasteiger partial charge in [0.15, 0.2) is 5.82 Å². The minimum absolute atomic E-state index is 0.0281. The summed E-state index contributed by atoms with van der Waals surface area (Å²) in [5.41, 5.74) is 4.26. The lowest BCUT2D eigenvalue weighted by Crippen LogP contribution is -2.49. The van der Waals surface area contributed by atoms with Gasteiger partial charge in [-0.05, 0) is 65.8 Å². The molecule has 6 N–H and O–H groups in total. The largest absolute Gasteiger partial charge is 0.508 e. The summed E-state index contributed by atoms with van der Waals surface area (Å²) >= 11 is 0. The Morgan fingerprint density at radius 3 is 2.41 bits per heavy atom. The van der Waals surface area contributed by atoms with Gasteiger partial charge >= 0.3 is 6.01 Å². The number of aromatic hydroxyl groups is 4. The highest BCUT2D eigenvalue weighted by molar-refractivity contribution is 5.96. The fourth-order valence-electron chi connectivity index (χ4n) is 8.11. The number of phenols is 3. The maximum Gasteiger partial charge on any atom is 0.319 e. The number of anilines is 3. The average Bonchev–Trinajstić information content (AvgIpc) is 3.67. The minimum atomic E-state index is -0.379. The van der Waals surface area contributed by atoms with Gasteiger partial charge in [-0.25, -0.2) is 9.55 Å². The fourth-order valence-corrected chi connectivity index (χ4v) is 8.11. The van der Waals surface area contributed by atoms with Gasteiger partial charge in [-0.1, -0.05) is 49.8 Å². The van der Waals surface area contributed by atoms with Crippen molar-refractivity contribution in [3.05, 3.63) is 102 Å². The molecule has 2 aliphatic rings. The van der Waals surface area contributed by atoms with Crippen molar-refractivity contribution in [2.45, 2.75) is 39.2 Å². The number of piperazine rings is 1. The van der Waals surface area contributed by atoms with Crippen molar-refractivity contribution in [2.24, 2.45) is 0 Å². The summed E-state index contributed by atoms with van der Waals surface area (Å²) in [7, 11) is 0. The molecule has 17 heteroatoms. The van der Waals surface area contributed by atoms with Crippen LogP contribution in [0.5, 0.6) is 29.0 Å². The molecule has 63 heavy (non-hydrogen) atoms. The van der Waals surface area contributed by atoms with Gasteiger partial charge in [-0.2, -0.15) is 4.98 Å². The van der Waals surface area contributed by atoms with Gasteiger partial charge < -0.3 is 50.5 Å². The van der Waals surface area contributed by atoms with Gasteiger partial charge in [0.1, 0.15) is 35.4 Å². The van der Waals surface area contributed by atoms with E-state index in [1.54, 1.807) is 47.4 Å². The molecule has 0 saturated carbocycles. The Morgan fingerprint density at radius 1 is 0.873 bits per heavy atom. The molecule has 2 aliphatic heterocycles. The van der Waals surface area contributed by atoms with E-state index in [9.17, 15) is 30.0 Å². The molecule has 1 saturated heterocycles. The molecule has 2 aromatic heterocycles. The Bertz CT molecular complexity index is 2660. The van der Waals surface area contributed by atoms with Crippen LogP contribution >= 0.6 is 0 Å². The van der Waals surface area contributed by atoms with E-state index < -0.39 is 0 Å². The Kier molecular flexibility index (Phi) is 12.2. The summed E-state index contributed by atoms with van der Waals surface area (Å²) in [4.78, 5) is 41.3. The van der Waals surface area contributed by atoms with Crippen molar-refractivity contribution in [3.8, 4) is 46.1 Å². The van der Waals surface area contributed by atoms with E-state index in [1.807, 2.05) is 32.0 Å². The van der Waals surface area contributed by atoms with Crippen LogP contribution in [0.15, 0.2) is 85.5 Å². The van der Waals surface area contributed by atoms with E-state index in [0.717, 1.165) is 33.5 Å². The molecule has 2 amide bonds. The average molecular weight is 855 g/mol. The molecule has 4 aromatic carbocycles. The first-order valence-corrected chi connectivity index (χ1v) is 20.9. The topological polar surface area (TPSA) is 215 Å². The maximum absolute atomic E-state index is 12.9. The lowest BCUT2D eigenvalue weighted by molar-refractivity contribution is -0.126. The molecule has 6 aromatic rings. The second kappa shape index (κ2) is 18.2. The lowest BCUT2D eigenvalue weighted by atomic mass is 9.98. The molecule has 4 heterocycles. The summed E-state index contributed by atoms with van der Waals surface area (Å²) in [6, 6.07) is 20.9. The number of phenolic OH excluding ortho intramolecular Hbond substituents is 3. The van der Waals surface area contributed by atoms with Crippen LogP contribution in [0.3, 0.4) is 0 Å². The molecule has 0 spiro atoms. The molecule has 0 radical (unpaired) electrons. The number of carbonyl (C=O) groups is 2. The third-order valence-electron chi connectivity index (χ3n) is 11.4. The quantitative estimate of drug-likeness (QED) is 0.0613. The minimum Gasteiger partial charge on any atom is -0.508 e. The number of hydrogen-bond donors (Lipinski definition) is 6. The number of nitrogens with one attached hydrogen (secondary N) is 2. The summed E-state index contributed by atoms with van der Waals surface area (Å²) in [5.74, 6) is 1.60. The third kappa shape index (κ3) is 9.07. The molecule has 17 nitrogen and oxygen atoms in total. The van der Waals surface area contributed by atoms with E-state index >= 15 is 0 Å². The van der Waals surface area contributed by atoms with Crippen molar-refractivity contribution in [2.75, 3.05) is 67.5 Å². The molecular weight excluding hydrogens is 805 g/mol. The van der Waals surface area contributed by atoms with Crippen LogP contribution in [-0.4, -0.2) is 114 Å². The van der Waals surface area contributed by atoms with Crippen LogP contribution in [0.4, 0.5) is 17.5 Å². The molecule has 326 valence electrons. The Labute approximate surface area is 363 Å². The summed E-state index contributed by atoms with van der Waals surface area (Å²) in [6.07, 6.45) is 2.19. The van der Waals surface area contributed by atoms with Crippen LogP contribution in [0, 0.1) is 0 Å². The zero-order chi connectivity index (χ0) is 44.2. The van der Waals surface area contributed by atoms with E-state index in [4.69, 9.17) is 14.7 Å². The number of nitrogens with zero attached hydrogens (tertiary/aromatic N) is 8. The van der Waals surface area contributed by atoms with Crippen molar-refractivity contribution < 1.29 is 34.8 Å². The Balaban J connectivity index is 0.880. The van der Waals surface area contributed by atoms with E-state index in [2.05, 4.69) is 43.3 Å². The van der Waals surface area contributed by atoms with Gasteiger partial charge in [0, 0.05) is 74.5 Å². The number of amides is 2. The third-order valence-corrected chi connectivity index (χ3v) is 11.4. The molecule has 0 atom stereocenters. The summed E-state index contributed by atoms with van der Waals surface area (Å²) in [5, 5.41) is 58.1. The van der Waals surface area contributed by atoms with E-state index in [-0.39, 0.29) is 72.9 Å². The highest BCUT2D eigenvalue weighted by atomic mass is 16.5. The van der Waals surface area contributed by atoms with Crippen molar-refractivity contribution >= 4 is 40.0 Å². The van der Waals surface area contributed by atoms with Crippen molar-refractivity contribution in [3.63, 3.8) is 0 Å². The molecular formula is C46H50N10O7. The van der Waals surface area contributed by atoms with Gasteiger partial charge in [0.2, 0.25) is 17.8 Å². The summed E-state index contributed by atoms with van der Waals surface area (Å²) < 4.78 is 7.25. The zero-order valence-corrected chi connectivity index (χ0v) is 35.2. The first-order valence-electron chi connectivity index (χ1n) is 20.9. The van der Waals surface area contributed by atoms with Crippen LogP contribution < -0.4 is 25.2 Å². The van der Waals surface area contributed by atoms with E-state index in [0.29, 0.717) is 74.2 Å². The second-order valence-corrected chi connectivity index (χ2v) is 15.8. The molecule has 8 rings (SSSR count). The monoisotopic (exact) mass is 854 g/mol. The smallest absolute Gasteiger partial charge is 0.319 e. The van der Waals surface area contributed by atoms with Gasteiger partial charge in [0.25, 0.3) is 0 Å². The van der Waals surface area contributed by atoms with Crippen LogP contribution in [0.25, 0.3) is 27.8 Å². The number of carbonyl (C=O) groups excluding carboxylic acids is 2. The van der Waals surface area contributed by atoms with Crippen LogP contribution in [0.1, 0.15) is 43.0 Å². The first kappa shape index (κ1) is 42.1. The Morgan fingerprint density at radius 2 is 1.65 bits per heavy atom. The number of rotatable bonds is 14. The zero-order valence-electron chi connectivity index (χ0n) is 35.2. The molecule has 0 aliphatic carbocycles. The number of benzene rings is 4. The highest BCUT2D eigenvalue weighted by Crippen LogP contribution is 2.40. The number of hydrogen-bond acceptors (Lipinski definition) is 14. The fraction of sp³-hybridized carbons (Fsp3) is 0.304. The SMILES string of the molecule is C=CC(=O)N1CCN(c2nc(NCCC(=O)NCCOc3ccc(-n4c(O)nnc4-c4cc(C(C)C)c(O)cc4O)cc3)nc3c2CCN(c2cc(O)cc4ccccc24)C3)CC1. The van der Waals surface area contributed by atoms with Crippen LogP contribution in [0.2, 0.25) is 0 Å². The van der Waals surface area contributed by atoms with E-state index in [1.165, 1.54) is 16.7 Å². The maximum atomic E-state index is 12.9. The van der Waals surface area contributed by atoms with Crippen molar-refractivity contribution in [1.29, 1.82) is 0 Å². The second-order valence-electron chi connectivity index (χ2n) is 15.8. The van der Waals surface area contributed by atoms with Crippen molar-refractivity contribution in [1.82, 2.24) is 34.9 Å². The summed E-state index contributed by atoms with van der Waals surface area (Å²) in [6.45, 7) is 11.7. The first-order chi connectivity index (χ1) is 30.5. The normalized spacial score (nSPS) is 13.9. The number of aromatic nitrogens is 5. The standard InChI is InChI=1S/C46H50N10O7/c1-4-42(61)53-18-20-54(21-19-53)43-34-14-17-55(38-24-31(57)23-29-7-5-6-8-33(29)38)27-37(34)49-45(50-43)48-15-13-41(60)47-16-22-63-32-11-9-30(10-12-32)56-44(51-52-46(56)62)36-25-35(28(2)3)39(58)26-40(36)59/h4-12,23-26,28,57-59H,1,13-22,27H2,2-3H3,(H,47,60)(H,52,62)(H,48,49,50). The van der Waals surface area contributed by atoms with Gasteiger partial charge in [0.05, 0.1) is 30.0 Å².